The van der Waals surface area contributed by atoms with Crippen LogP contribution in [0.15, 0.2) is 53.4 Å². The lowest BCUT2D eigenvalue weighted by Gasteiger charge is -2.15. The number of esters is 1. The lowest BCUT2D eigenvalue weighted by atomic mass is 10.2. The third-order valence-electron chi connectivity index (χ3n) is 4.76. The number of rotatable bonds is 8. The van der Waals surface area contributed by atoms with Crippen LogP contribution in [0.25, 0.3) is 0 Å². The molecule has 0 radical (unpaired) electrons. The van der Waals surface area contributed by atoms with Gasteiger partial charge in [-0.05, 0) is 55.7 Å². The average molecular weight is 427 g/mol. The summed E-state index contributed by atoms with van der Waals surface area (Å²) < 4.78 is 5.11. The summed E-state index contributed by atoms with van der Waals surface area (Å²) >= 11 is 1.38. The molecule has 1 N–H and O–H groups in total. The van der Waals surface area contributed by atoms with Gasteiger partial charge in [0.2, 0.25) is 5.91 Å². The van der Waals surface area contributed by atoms with Crippen LogP contribution in [0.1, 0.15) is 46.9 Å². The summed E-state index contributed by atoms with van der Waals surface area (Å²) in [5.41, 5.74) is 1.54. The highest BCUT2D eigenvalue weighted by atomic mass is 32.2. The Morgan fingerprint density at radius 2 is 1.73 bits per heavy atom. The van der Waals surface area contributed by atoms with Crippen molar-refractivity contribution in [3.8, 4) is 0 Å². The molecule has 1 aliphatic heterocycles. The monoisotopic (exact) mass is 426 g/mol. The van der Waals surface area contributed by atoms with Crippen molar-refractivity contribution in [2.75, 3.05) is 30.8 Å². The van der Waals surface area contributed by atoms with Crippen molar-refractivity contribution < 1.29 is 19.1 Å². The maximum Gasteiger partial charge on any atom is 0.338 e. The molecule has 6 nitrogen and oxygen atoms in total. The number of hydrogen-bond acceptors (Lipinski definition) is 5. The number of hydrogen-bond donors (Lipinski definition) is 1. The van der Waals surface area contributed by atoms with E-state index >= 15 is 0 Å². The van der Waals surface area contributed by atoms with Crippen LogP contribution < -0.4 is 5.32 Å². The van der Waals surface area contributed by atoms with E-state index in [-0.39, 0.29) is 17.8 Å². The van der Waals surface area contributed by atoms with Crippen LogP contribution in [0.3, 0.4) is 0 Å². The van der Waals surface area contributed by atoms with Crippen molar-refractivity contribution in [1.29, 1.82) is 0 Å². The first kappa shape index (κ1) is 21.9. The molecular weight excluding hydrogens is 400 g/mol. The molecule has 0 unspecified atom stereocenters. The second-order valence-corrected chi connectivity index (χ2v) is 8.06. The standard InChI is InChI=1S/C23H26N2O4S/c1-2-15-29-23(28)17-9-11-18(12-10-17)24-22(27)19-7-3-4-8-20(19)30-16-21(26)25-13-5-6-14-25/h3-4,7-12H,2,5-6,13-16H2,1H3,(H,24,27). The van der Waals surface area contributed by atoms with Gasteiger partial charge in [-0.1, -0.05) is 19.1 Å². The first-order valence-corrected chi connectivity index (χ1v) is 11.1. The van der Waals surface area contributed by atoms with Crippen LogP contribution in [0.4, 0.5) is 5.69 Å². The summed E-state index contributed by atoms with van der Waals surface area (Å²) in [5, 5.41) is 2.85. The molecule has 0 bridgehead atoms. The van der Waals surface area contributed by atoms with Crippen molar-refractivity contribution in [2.45, 2.75) is 31.1 Å². The SMILES string of the molecule is CCCOC(=O)c1ccc(NC(=O)c2ccccc2SCC(=O)N2CCCC2)cc1. The summed E-state index contributed by atoms with van der Waals surface area (Å²) in [6, 6.07) is 13.9. The van der Waals surface area contributed by atoms with Crippen LogP contribution in [-0.4, -0.2) is 48.1 Å². The number of thioether (sulfide) groups is 1. The fourth-order valence-electron chi connectivity index (χ4n) is 3.14. The van der Waals surface area contributed by atoms with Gasteiger partial charge in [0.1, 0.15) is 0 Å². The van der Waals surface area contributed by atoms with E-state index in [4.69, 9.17) is 4.74 Å². The summed E-state index contributed by atoms with van der Waals surface area (Å²) in [6.07, 6.45) is 2.88. The molecule has 0 aromatic heterocycles. The third-order valence-corrected chi connectivity index (χ3v) is 5.82. The number of likely N-dealkylation sites (tertiary alicyclic amines) is 1. The van der Waals surface area contributed by atoms with E-state index in [2.05, 4.69) is 5.32 Å². The van der Waals surface area contributed by atoms with Crippen LogP contribution in [0.2, 0.25) is 0 Å². The summed E-state index contributed by atoms with van der Waals surface area (Å²) in [7, 11) is 0. The highest BCUT2D eigenvalue weighted by Gasteiger charge is 2.19. The third kappa shape index (κ3) is 5.86. The second kappa shape index (κ2) is 10.8. The van der Waals surface area contributed by atoms with Gasteiger partial charge in [0, 0.05) is 23.7 Å². The minimum atomic E-state index is -0.376. The van der Waals surface area contributed by atoms with E-state index < -0.39 is 0 Å². The lowest BCUT2D eigenvalue weighted by Crippen LogP contribution is -2.29. The molecular formula is C23H26N2O4S. The number of anilines is 1. The topological polar surface area (TPSA) is 75.7 Å². The molecule has 2 aromatic rings. The van der Waals surface area contributed by atoms with Gasteiger partial charge in [0.15, 0.2) is 0 Å². The predicted octanol–water partition coefficient (Wildman–Crippen LogP) is 4.22. The zero-order valence-electron chi connectivity index (χ0n) is 17.1. The van der Waals surface area contributed by atoms with Crippen molar-refractivity contribution in [1.82, 2.24) is 4.90 Å². The Morgan fingerprint density at radius 1 is 1.03 bits per heavy atom. The van der Waals surface area contributed by atoms with E-state index in [0.717, 1.165) is 37.2 Å². The first-order valence-electron chi connectivity index (χ1n) is 10.2. The molecule has 0 aliphatic carbocycles. The molecule has 30 heavy (non-hydrogen) atoms. The fraction of sp³-hybridized carbons (Fsp3) is 0.348. The number of ether oxygens (including phenoxy) is 1. The smallest absolute Gasteiger partial charge is 0.338 e. The molecule has 158 valence electrons. The van der Waals surface area contributed by atoms with Gasteiger partial charge in [-0.2, -0.15) is 0 Å². The van der Waals surface area contributed by atoms with Crippen molar-refractivity contribution >= 4 is 35.2 Å². The Kier molecular flexibility index (Phi) is 7.90. The zero-order valence-corrected chi connectivity index (χ0v) is 17.9. The van der Waals surface area contributed by atoms with Crippen molar-refractivity contribution in [2.24, 2.45) is 0 Å². The number of carbonyl (C=O) groups is 3. The zero-order chi connectivity index (χ0) is 21.3. The molecule has 2 amide bonds. The number of amides is 2. The molecule has 0 atom stereocenters. The largest absolute Gasteiger partial charge is 0.462 e. The van der Waals surface area contributed by atoms with Crippen molar-refractivity contribution in [3.05, 3.63) is 59.7 Å². The Labute approximate surface area is 181 Å². The Bertz CT molecular complexity index is 892. The molecule has 7 heteroatoms. The molecule has 1 saturated heterocycles. The molecule has 2 aromatic carbocycles. The molecule has 1 fully saturated rings. The van der Waals surface area contributed by atoms with Gasteiger partial charge in [0.25, 0.3) is 5.91 Å². The molecule has 3 rings (SSSR count). The van der Waals surface area contributed by atoms with Gasteiger partial charge in [-0.25, -0.2) is 4.79 Å². The minimum Gasteiger partial charge on any atom is -0.462 e. The fourth-order valence-corrected chi connectivity index (χ4v) is 4.10. The molecule has 1 heterocycles. The highest BCUT2D eigenvalue weighted by molar-refractivity contribution is 8.00. The molecule has 1 aliphatic rings. The minimum absolute atomic E-state index is 0.109. The number of benzene rings is 2. The maximum absolute atomic E-state index is 12.8. The molecule has 0 saturated carbocycles. The van der Waals surface area contributed by atoms with Crippen LogP contribution in [0.5, 0.6) is 0 Å². The van der Waals surface area contributed by atoms with E-state index in [1.54, 1.807) is 36.4 Å². The Balaban J connectivity index is 1.61. The number of nitrogens with one attached hydrogen (secondary N) is 1. The normalized spacial score (nSPS) is 13.2. The average Bonchev–Trinajstić information content (AvgIpc) is 3.31. The summed E-state index contributed by atoms with van der Waals surface area (Å²) in [4.78, 5) is 39.6. The Hall–Kier alpha value is -2.80. The van der Waals surface area contributed by atoms with Gasteiger partial charge in [-0.3, -0.25) is 9.59 Å². The Morgan fingerprint density at radius 3 is 2.43 bits per heavy atom. The highest BCUT2D eigenvalue weighted by Crippen LogP contribution is 2.25. The van der Waals surface area contributed by atoms with E-state index in [9.17, 15) is 14.4 Å². The lowest BCUT2D eigenvalue weighted by molar-refractivity contribution is -0.127. The van der Waals surface area contributed by atoms with Gasteiger partial charge >= 0.3 is 5.97 Å². The van der Waals surface area contributed by atoms with E-state index in [1.165, 1.54) is 11.8 Å². The summed E-state index contributed by atoms with van der Waals surface area (Å²) in [5.74, 6) is -0.204. The van der Waals surface area contributed by atoms with E-state index in [1.807, 2.05) is 24.0 Å². The second-order valence-electron chi connectivity index (χ2n) is 7.04. The van der Waals surface area contributed by atoms with E-state index in [0.29, 0.717) is 29.2 Å². The number of carbonyl (C=O) groups excluding carboxylic acids is 3. The first-order chi connectivity index (χ1) is 14.6. The van der Waals surface area contributed by atoms with Crippen LogP contribution in [-0.2, 0) is 9.53 Å². The molecule has 0 spiro atoms. The predicted molar refractivity (Wildman–Crippen MR) is 118 cm³/mol. The van der Waals surface area contributed by atoms with Crippen LogP contribution in [0, 0.1) is 0 Å². The maximum atomic E-state index is 12.8. The quantitative estimate of drug-likeness (QED) is 0.505. The van der Waals surface area contributed by atoms with Gasteiger partial charge in [-0.15, -0.1) is 11.8 Å². The van der Waals surface area contributed by atoms with Crippen molar-refractivity contribution in [3.63, 3.8) is 0 Å². The van der Waals surface area contributed by atoms with Crippen LogP contribution >= 0.6 is 11.8 Å². The van der Waals surface area contributed by atoms with Gasteiger partial charge in [0.05, 0.1) is 23.5 Å². The summed E-state index contributed by atoms with van der Waals surface area (Å²) in [6.45, 7) is 3.96. The number of nitrogens with zero attached hydrogens (tertiary/aromatic N) is 1. The van der Waals surface area contributed by atoms with Gasteiger partial charge < -0.3 is 15.0 Å².